The molecule has 27 heavy (non-hydrogen) atoms. The molecule has 7 heteroatoms. The number of benzene rings is 1. The Kier molecular flexibility index (Phi) is 4.59. The fraction of sp³-hybridized carbons (Fsp3) is 0.400. The van der Waals surface area contributed by atoms with E-state index in [1.807, 2.05) is 4.68 Å². The Balaban J connectivity index is 1.32. The number of rotatable bonds is 5. The van der Waals surface area contributed by atoms with Crippen LogP contribution < -0.4 is 4.90 Å². The maximum Gasteiger partial charge on any atom is 0.199 e. The van der Waals surface area contributed by atoms with Crippen LogP contribution in [-0.4, -0.2) is 45.4 Å². The highest BCUT2D eigenvalue weighted by Gasteiger charge is 2.30. The molecule has 0 bridgehead atoms. The molecule has 0 radical (unpaired) electrons. The minimum absolute atomic E-state index is 0.540. The van der Waals surface area contributed by atoms with E-state index in [9.17, 15) is 0 Å². The highest BCUT2D eigenvalue weighted by Crippen LogP contribution is 2.39. The molecule has 1 aliphatic carbocycles. The summed E-state index contributed by atoms with van der Waals surface area (Å²) in [5.41, 5.74) is 1.31. The van der Waals surface area contributed by atoms with Gasteiger partial charge in [-0.3, -0.25) is 9.47 Å². The van der Waals surface area contributed by atoms with Gasteiger partial charge in [-0.05, 0) is 48.6 Å². The van der Waals surface area contributed by atoms with Gasteiger partial charge in [-0.1, -0.05) is 24.3 Å². The second-order valence-electron chi connectivity index (χ2n) is 7.27. The third-order valence-electron chi connectivity index (χ3n) is 5.35. The molecule has 0 unspecified atom stereocenters. The Morgan fingerprint density at radius 1 is 1.00 bits per heavy atom. The first-order valence-corrected chi connectivity index (χ1v) is 10.8. The number of anilines is 1. The summed E-state index contributed by atoms with van der Waals surface area (Å²) in [6, 6.07) is 15.4. The monoisotopic (exact) mass is 397 g/mol. The Bertz CT molecular complexity index is 948. The van der Waals surface area contributed by atoms with Gasteiger partial charge in [-0.25, -0.2) is 4.68 Å². The van der Waals surface area contributed by atoms with Crippen LogP contribution in [0.25, 0.3) is 10.7 Å². The summed E-state index contributed by atoms with van der Waals surface area (Å²) in [6.45, 7) is 4.92. The molecule has 3 aromatic rings. The molecule has 0 amide bonds. The molecule has 2 fully saturated rings. The number of thiophene rings is 1. The molecule has 2 aliphatic rings. The average Bonchev–Trinajstić information content (AvgIpc) is 3.29. The summed E-state index contributed by atoms with van der Waals surface area (Å²) in [5, 5.41) is 7.02. The van der Waals surface area contributed by atoms with E-state index in [0.717, 1.165) is 43.4 Å². The number of aromatic nitrogens is 3. The smallest absolute Gasteiger partial charge is 0.199 e. The fourth-order valence-corrected chi connectivity index (χ4v) is 4.76. The van der Waals surface area contributed by atoms with E-state index in [1.54, 1.807) is 11.3 Å². The molecule has 5 rings (SSSR count). The first-order valence-electron chi connectivity index (χ1n) is 9.55. The van der Waals surface area contributed by atoms with Crippen molar-refractivity contribution in [1.82, 2.24) is 19.2 Å². The molecule has 0 atom stereocenters. The Morgan fingerprint density at radius 3 is 2.44 bits per heavy atom. The third kappa shape index (κ3) is 3.47. The molecule has 1 saturated carbocycles. The Labute approximate surface area is 168 Å². The van der Waals surface area contributed by atoms with Gasteiger partial charge in [-0.15, -0.1) is 16.4 Å². The topological polar surface area (TPSA) is 29.2 Å². The van der Waals surface area contributed by atoms with Gasteiger partial charge < -0.3 is 4.90 Å². The third-order valence-corrected chi connectivity index (χ3v) is 6.62. The van der Waals surface area contributed by atoms with Crippen molar-refractivity contribution in [3.8, 4) is 10.7 Å². The lowest BCUT2D eigenvalue weighted by Crippen LogP contribution is -2.47. The minimum Gasteiger partial charge on any atom is -0.369 e. The van der Waals surface area contributed by atoms with Crippen molar-refractivity contribution >= 4 is 29.2 Å². The molecule has 1 saturated heterocycles. The lowest BCUT2D eigenvalue weighted by molar-refractivity contribution is 0.194. The highest BCUT2D eigenvalue weighted by atomic mass is 32.1. The molecule has 0 N–H and O–H groups in total. The molecule has 2 aromatic heterocycles. The van der Waals surface area contributed by atoms with Gasteiger partial charge in [-0.2, -0.15) is 0 Å². The molecule has 0 spiro atoms. The van der Waals surface area contributed by atoms with Gasteiger partial charge >= 0.3 is 0 Å². The summed E-state index contributed by atoms with van der Waals surface area (Å²) in [6.07, 6.45) is 2.43. The summed E-state index contributed by atoms with van der Waals surface area (Å²) in [5.74, 6) is 1.04. The SMILES string of the molecule is S=c1n(CN2CCN(c3ccccc3)CC2)nc(-c2cccs2)n1C1CC1. The lowest BCUT2D eigenvalue weighted by Gasteiger charge is -2.35. The van der Waals surface area contributed by atoms with Crippen LogP contribution in [-0.2, 0) is 6.67 Å². The van der Waals surface area contributed by atoms with Gasteiger partial charge in [0.15, 0.2) is 10.6 Å². The van der Waals surface area contributed by atoms with Crippen molar-refractivity contribution in [2.45, 2.75) is 25.6 Å². The van der Waals surface area contributed by atoms with E-state index >= 15 is 0 Å². The summed E-state index contributed by atoms with van der Waals surface area (Å²) < 4.78 is 5.17. The van der Waals surface area contributed by atoms with Crippen LogP contribution in [0.15, 0.2) is 47.8 Å². The van der Waals surface area contributed by atoms with Crippen molar-refractivity contribution in [3.63, 3.8) is 0 Å². The van der Waals surface area contributed by atoms with Gasteiger partial charge in [0.25, 0.3) is 0 Å². The second kappa shape index (κ2) is 7.22. The number of nitrogens with zero attached hydrogens (tertiary/aromatic N) is 5. The van der Waals surface area contributed by atoms with E-state index in [1.165, 1.54) is 23.4 Å². The predicted octanol–water partition coefficient (Wildman–Crippen LogP) is 4.26. The van der Waals surface area contributed by atoms with Crippen molar-refractivity contribution < 1.29 is 0 Å². The number of hydrogen-bond donors (Lipinski definition) is 0. The summed E-state index contributed by atoms with van der Waals surface area (Å²) in [7, 11) is 0. The molecule has 1 aromatic carbocycles. The van der Waals surface area contributed by atoms with Gasteiger partial charge in [0.05, 0.1) is 11.5 Å². The summed E-state index contributed by atoms with van der Waals surface area (Å²) >= 11 is 7.54. The molecule has 1 aliphatic heterocycles. The van der Waals surface area contributed by atoms with Crippen molar-refractivity contribution in [2.75, 3.05) is 31.1 Å². The normalized spacial score (nSPS) is 18.1. The van der Waals surface area contributed by atoms with Crippen molar-refractivity contribution in [2.24, 2.45) is 0 Å². The Hall–Kier alpha value is -1.96. The van der Waals surface area contributed by atoms with Crippen LogP contribution in [0.2, 0.25) is 0 Å². The zero-order chi connectivity index (χ0) is 18.2. The van der Waals surface area contributed by atoms with Gasteiger partial charge in [0.1, 0.15) is 0 Å². The van der Waals surface area contributed by atoms with Gasteiger partial charge in [0.2, 0.25) is 0 Å². The van der Waals surface area contributed by atoms with Crippen LogP contribution in [0.5, 0.6) is 0 Å². The van der Waals surface area contributed by atoms with E-state index in [2.05, 4.69) is 62.2 Å². The summed E-state index contributed by atoms with van der Waals surface area (Å²) in [4.78, 5) is 6.12. The van der Waals surface area contributed by atoms with E-state index in [-0.39, 0.29) is 0 Å². The zero-order valence-electron chi connectivity index (χ0n) is 15.2. The maximum absolute atomic E-state index is 5.80. The number of para-hydroxylation sites is 1. The van der Waals surface area contributed by atoms with Crippen LogP contribution in [0.4, 0.5) is 5.69 Å². The van der Waals surface area contributed by atoms with Crippen LogP contribution >= 0.6 is 23.6 Å². The zero-order valence-corrected chi connectivity index (χ0v) is 16.8. The quantitative estimate of drug-likeness (QED) is 0.602. The molecular formula is C20H23N5S2. The molecule has 3 heterocycles. The highest BCUT2D eigenvalue weighted by molar-refractivity contribution is 7.71. The maximum atomic E-state index is 5.80. The van der Waals surface area contributed by atoms with E-state index < -0.39 is 0 Å². The number of hydrogen-bond acceptors (Lipinski definition) is 5. The van der Waals surface area contributed by atoms with E-state index in [0.29, 0.717) is 6.04 Å². The first-order chi connectivity index (χ1) is 13.3. The number of piperazine rings is 1. The second-order valence-corrected chi connectivity index (χ2v) is 8.58. The van der Waals surface area contributed by atoms with Crippen LogP contribution in [0.1, 0.15) is 18.9 Å². The van der Waals surface area contributed by atoms with Crippen LogP contribution in [0.3, 0.4) is 0 Å². The van der Waals surface area contributed by atoms with Crippen molar-refractivity contribution in [1.29, 1.82) is 0 Å². The van der Waals surface area contributed by atoms with Crippen molar-refractivity contribution in [3.05, 3.63) is 52.6 Å². The fourth-order valence-electron chi connectivity index (χ4n) is 3.72. The first kappa shape index (κ1) is 17.2. The molecule has 140 valence electrons. The Morgan fingerprint density at radius 2 is 1.78 bits per heavy atom. The molecular weight excluding hydrogens is 374 g/mol. The molecule has 5 nitrogen and oxygen atoms in total. The lowest BCUT2D eigenvalue weighted by atomic mass is 10.2. The largest absolute Gasteiger partial charge is 0.369 e. The average molecular weight is 398 g/mol. The van der Waals surface area contributed by atoms with Crippen LogP contribution in [0, 0.1) is 4.77 Å². The van der Waals surface area contributed by atoms with E-state index in [4.69, 9.17) is 17.3 Å². The minimum atomic E-state index is 0.540. The predicted molar refractivity (Wildman–Crippen MR) is 113 cm³/mol. The van der Waals surface area contributed by atoms with Gasteiger partial charge in [0, 0.05) is 37.9 Å². The standard InChI is InChI=1S/C20H23N5S2/c26-20-24(21-19(18-7-4-14-27-18)25(20)17-8-9-17)15-22-10-12-23(13-11-22)16-5-2-1-3-6-16/h1-7,14,17H,8-13,15H2.